The molecular weight excluding hydrogens is 416 g/mol. The van der Waals surface area contributed by atoms with Crippen molar-refractivity contribution >= 4 is 17.5 Å². The lowest BCUT2D eigenvalue weighted by Crippen LogP contribution is -2.37. The van der Waals surface area contributed by atoms with Crippen molar-refractivity contribution in [1.82, 2.24) is 5.32 Å². The first-order valence-corrected chi connectivity index (χ1v) is 11.0. The molecule has 33 heavy (non-hydrogen) atoms. The molecule has 0 aliphatic carbocycles. The Kier molecular flexibility index (Phi) is 6.93. The predicted octanol–water partition coefficient (Wildman–Crippen LogP) is 4.15. The van der Waals surface area contributed by atoms with E-state index in [2.05, 4.69) is 5.32 Å². The topological polar surface area (TPSA) is 67.9 Å². The molecule has 3 aromatic carbocycles. The van der Waals surface area contributed by atoms with E-state index in [0.717, 1.165) is 16.8 Å². The van der Waals surface area contributed by atoms with Crippen LogP contribution in [0.5, 0.6) is 11.5 Å². The fourth-order valence-electron chi connectivity index (χ4n) is 4.32. The SMILES string of the molecule is COc1ccc(N2C[C@@H](NC(=O)CC(c3ccccc3)c3ccccc3)CC2=O)cc1OC. The third-order valence-electron chi connectivity index (χ3n) is 5.96. The van der Waals surface area contributed by atoms with Crippen molar-refractivity contribution in [1.29, 1.82) is 0 Å². The highest BCUT2D eigenvalue weighted by molar-refractivity contribution is 5.97. The first-order valence-electron chi connectivity index (χ1n) is 11.0. The van der Waals surface area contributed by atoms with Gasteiger partial charge in [-0.2, -0.15) is 0 Å². The average molecular weight is 445 g/mol. The van der Waals surface area contributed by atoms with Gasteiger partial charge in [0.2, 0.25) is 11.8 Å². The second-order valence-electron chi connectivity index (χ2n) is 8.09. The zero-order valence-corrected chi connectivity index (χ0v) is 18.9. The smallest absolute Gasteiger partial charge is 0.229 e. The van der Waals surface area contributed by atoms with E-state index in [4.69, 9.17) is 9.47 Å². The molecule has 0 spiro atoms. The van der Waals surface area contributed by atoms with Gasteiger partial charge >= 0.3 is 0 Å². The van der Waals surface area contributed by atoms with Crippen molar-refractivity contribution in [2.24, 2.45) is 0 Å². The third-order valence-corrected chi connectivity index (χ3v) is 5.96. The molecule has 2 amide bonds. The highest BCUT2D eigenvalue weighted by Crippen LogP contribution is 2.33. The first kappa shape index (κ1) is 22.4. The molecule has 1 heterocycles. The van der Waals surface area contributed by atoms with Crippen LogP contribution in [0, 0.1) is 0 Å². The van der Waals surface area contributed by atoms with Gasteiger partial charge in [-0.25, -0.2) is 0 Å². The van der Waals surface area contributed by atoms with Crippen molar-refractivity contribution in [3.63, 3.8) is 0 Å². The maximum absolute atomic E-state index is 13.0. The van der Waals surface area contributed by atoms with Crippen LogP contribution in [0.1, 0.15) is 29.9 Å². The van der Waals surface area contributed by atoms with Gasteiger partial charge in [0, 0.05) is 37.1 Å². The van der Waals surface area contributed by atoms with Crippen LogP contribution in [0.3, 0.4) is 0 Å². The molecule has 0 unspecified atom stereocenters. The molecule has 1 fully saturated rings. The van der Waals surface area contributed by atoms with Gasteiger partial charge in [-0.15, -0.1) is 0 Å². The van der Waals surface area contributed by atoms with E-state index >= 15 is 0 Å². The van der Waals surface area contributed by atoms with Crippen LogP contribution >= 0.6 is 0 Å². The van der Waals surface area contributed by atoms with E-state index in [1.54, 1.807) is 31.3 Å². The average Bonchev–Trinajstić information content (AvgIpc) is 3.22. The Hall–Kier alpha value is -3.80. The molecule has 1 atom stereocenters. The molecule has 0 bridgehead atoms. The molecule has 4 rings (SSSR count). The fourth-order valence-corrected chi connectivity index (χ4v) is 4.32. The van der Waals surface area contributed by atoms with Gasteiger partial charge < -0.3 is 19.7 Å². The minimum Gasteiger partial charge on any atom is -0.493 e. The zero-order valence-electron chi connectivity index (χ0n) is 18.9. The number of anilines is 1. The van der Waals surface area contributed by atoms with Crippen LogP contribution < -0.4 is 19.7 Å². The lowest BCUT2D eigenvalue weighted by atomic mass is 9.88. The lowest BCUT2D eigenvalue weighted by molar-refractivity contribution is -0.122. The summed E-state index contributed by atoms with van der Waals surface area (Å²) >= 11 is 0. The van der Waals surface area contributed by atoms with Crippen molar-refractivity contribution in [2.75, 3.05) is 25.7 Å². The molecule has 6 nitrogen and oxygen atoms in total. The number of benzene rings is 3. The summed E-state index contributed by atoms with van der Waals surface area (Å²) in [6, 6.07) is 25.2. The van der Waals surface area contributed by atoms with Crippen molar-refractivity contribution in [2.45, 2.75) is 24.8 Å². The molecule has 0 radical (unpaired) electrons. The summed E-state index contributed by atoms with van der Waals surface area (Å²) in [6.45, 7) is 0.418. The molecule has 0 saturated carbocycles. The minimum absolute atomic E-state index is 0.0322. The third kappa shape index (κ3) is 5.17. The quantitative estimate of drug-likeness (QED) is 0.567. The maximum atomic E-state index is 13.0. The summed E-state index contributed by atoms with van der Waals surface area (Å²) in [5.74, 6) is 1.01. The number of nitrogens with zero attached hydrogens (tertiary/aromatic N) is 1. The maximum Gasteiger partial charge on any atom is 0.229 e. The van der Waals surface area contributed by atoms with Crippen LogP contribution in [0.25, 0.3) is 0 Å². The molecule has 1 N–H and O–H groups in total. The second-order valence-corrected chi connectivity index (χ2v) is 8.09. The Labute approximate surface area is 194 Å². The van der Waals surface area contributed by atoms with Crippen LogP contribution in [-0.2, 0) is 9.59 Å². The molecule has 1 saturated heterocycles. The van der Waals surface area contributed by atoms with Crippen LogP contribution in [0.4, 0.5) is 5.69 Å². The summed E-state index contributed by atoms with van der Waals surface area (Å²) in [5.41, 5.74) is 2.91. The number of rotatable bonds is 8. The Bertz CT molecular complexity index is 1060. The number of methoxy groups -OCH3 is 2. The van der Waals surface area contributed by atoms with Gasteiger partial charge in [0.1, 0.15) is 0 Å². The molecule has 0 aromatic heterocycles. The summed E-state index contributed by atoms with van der Waals surface area (Å²) in [4.78, 5) is 27.4. The molecule has 6 heteroatoms. The normalized spacial score (nSPS) is 15.5. The molecule has 1 aliphatic rings. The van der Waals surface area contributed by atoms with Gasteiger partial charge in [0.05, 0.1) is 20.3 Å². The Balaban J connectivity index is 1.45. The summed E-state index contributed by atoms with van der Waals surface area (Å²) in [5, 5.41) is 3.07. The Morgan fingerprint density at radius 3 is 2.12 bits per heavy atom. The molecule has 1 aliphatic heterocycles. The van der Waals surface area contributed by atoms with Gasteiger partial charge in [0.25, 0.3) is 0 Å². The highest BCUT2D eigenvalue weighted by Gasteiger charge is 2.32. The standard InChI is InChI=1S/C27H28N2O4/c1-32-24-14-13-22(16-25(24)33-2)29-18-21(15-27(29)31)28-26(30)17-23(19-9-5-3-6-10-19)20-11-7-4-8-12-20/h3-14,16,21,23H,15,17-18H2,1-2H3,(H,28,30)/t21-/m0/s1. The predicted molar refractivity (Wildman–Crippen MR) is 128 cm³/mol. The number of ether oxygens (including phenoxy) is 2. The van der Waals surface area contributed by atoms with Gasteiger partial charge in [-0.05, 0) is 23.3 Å². The largest absolute Gasteiger partial charge is 0.493 e. The van der Waals surface area contributed by atoms with E-state index in [1.807, 2.05) is 66.7 Å². The fraction of sp³-hybridized carbons (Fsp3) is 0.259. The van der Waals surface area contributed by atoms with Crippen LogP contribution in [0.2, 0.25) is 0 Å². The van der Waals surface area contributed by atoms with Gasteiger partial charge in [0.15, 0.2) is 11.5 Å². The number of carbonyl (C=O) groups is 2. The van der Waals surface area contributed by atoms with E-state index in [9.17, 15) is 9.59 Å². The van der Waals surface area contributed by atoms with Crippen LogP contribution in [0.15, 0.2) is 78.9 Å². The number of hydrogen-bond acceptors (Lipinski definition) is 4. The summed E-state index contributed by atoms with van der Waals surface area (Å²) in [7, 11) is 3.13. The highest BCUT2D eigenvalue weighted by atomic mass is 16.5. The van der Waals surface area contributed by atoms with E-state index in [-0.39, 0.29) is 30.2 Å². The lowest BCUT2D eigenvalue weighted by Gasteiger charge is -2.21. The molecular formula is C27H28N2O4. The van der Waals surface area contributed by atoms with E-state index < -0.39 is 0 Å². The van der Waals surface area contributed by atoms with Crippen molar-refractivity contribution in [3.05, 3.63) is 90.0 Å². The number of carbonyl (C=O) groups excluding carboxylic acids is 2. The number of hydrogen-bond donors (Lipinski definition) is 1. The van der Waals surface area contributed by atoms with Gasteiger partial charge in [-0.3, -0.25) is 9.59 Å². The van der Waals surface area contributed by atoms with E-state index in [0.29, 0.717) is 24.5 Å². The van der Waals surface area contributed by atoms with Crippen molar-refractivity contribution in [3.8, 4) is 11.5 Å². The van der Waals surface area contributed by atoms with Gasteiger partial charge in [-0.1, -0.05) is 60.7 Å². The summed E-state index contributed by atoms with van der Waals surface area (Å²) in [6.07, 6.45) is 0.580. The van der Waals surface area contributed by atoms with E-state index in [1.165, 1.54) is 0 Å². The Morgan fingerprint density at radius 1 is 0.939 bits per heavy atom. The first-order chi connectivity index (χ1) is 16.1. The molecule has 3 aromatic rings. The number of nitrogens with one attached hydrogen (secondary N) is 1. The summed E-state index contributed by atoms with van der Waals surface area (Å²) < 4.78 is 10.6. The van der Waals surface area contributed by atoms with Crippen molar-refractivity contribution < 1.29 is 19.1 Å². The second kappa shape index (κ2) is 10.2. The minimum atomic E-state index is -0.245. The van der Waals surface area contributed by atoms with Crippen LogP contribution in [-0.4, -0.2) is 38.6 Å². The zero-order chi connectivity index (χ0) is 23.2. The molecule has 170 valence electrons. The monoisotopic (exact) mass is 444 g/mol. The Morgan fingerprint density at radius 2 is 1.55 bits per heavy atom. The number of amides is 2.